The van der Waals surface area contributed by atoms with Crippen molar-refractivity contribution in [1.82, 2.24) is 4.90 Å². The molecule has 4 heteroatoms. The lowest BCUT2D eigenvalue weighted by molar-refractivity contribution is -0.135. The van der Waals surface area contributed by atoms with E-state index in [1.807, 2.05) is 36.1 Å². The monoisotopic (exact) mass is 277 g/mol. The summed E-state index contributed by atoms with van der Waals surface area (Å²) in [4.78, 5) is 14.0. The van der Waals surface area contributed by atoms with Gasteiger partial charge in [0.25, 0.3) is 5.91 Å². The molecular formula is C16H23NO3. The fourth-order valence-corrected chi connectivity index (χ4v) is 2.47. The summed E-state index contributed by atoms with van der Waals surface area (Å²) in [6, 6.07) is 7.41. The number of hydrogen-bond acceptors (Lipinski definition) is 3. The molecule has 0 bridgehead atoms. The predicted octanol–water partition coefficient (Wildman–Crippen LogP) is 2.72. The topological polar surface area (TPSA) is 38.8 Å². The van der Waals surface area contributed by atoms with E-state index in [1.54, 1.807) is 0 Å². The zero-order chi connectivity index (χ0) is 14.4. The highest BCUT2D eigenvalue weighted by Gasteiger charge is 2.21. The van der Waals surface area contributed by atoms with Gasteiger partial charge in [-0.3, -0.25) is 4.79 Å². The summed E-state index contributed by atoms with van der Waals surface area (Å²) in [7, 11) is 0. The van der Waals surface area contributed by atoms with Crippen LogP contribution in [0.3, 0.4) is 0 Å². The van der Waals surface area contributed by atoms with Crippen LogP contribution in [0.25, 0.3) is 0 Å². The Balaban J connectivity index is 1.85. The summed E-state index contributed by atoms with van der Waals surface area (Å²) in [5.41, 5.74) is 0. The first-order valence-electron chi connectivity index (χ1n) is 7.32. The number of carbonyl (C=O) groups is 1. The van der Waals surface area contributed by atoms with E-state index in [-0.39, 0.29) is 12.5 Å². The number of amides is 1. The molecule has 0 N–H and O–H groups in total. The second-order valence-electron chi connectivity index (χ2n) is 5.28. The Hall–Kier alpha value is -1.71. The number of likely N-dealkylation sites (tertiary alicyclic amines) is 1. The molecule has 1 aromatic carbocycles. The van der Waals surface area contributed by atoms with Gasteiger partial charge in [-0.05, 0) is 37.8 Å². The summed E-state index contributed by atoms with van der Waals surface area (Å²) in [5, 5.41) is 0. The molecule has 1 fully saturated rings. The van der Waals surface area contributed by atoms with Crippen molar-refractivity contribution in [3.63, 3.8) is 0 Å². The number of ether oxygens (including phenoxy) is 2. The molecule has 0 aromatic heterocycles. The average molecular weight is 277 g/mol. The fourth-order valence-electron chi connectivity index (χ4n) is 2.47. The van der Waals surface area contributed by atoms with Gasteiger partial charge in [-0.1, -0.05) is 13.0 Å². The van der Waals surface area contributed by atoms with Crippen LogP contribution < -0.4 is 9.47 Å². The summed E-state index contributed by atoms with van der Waals surface area (Å²) in [5.74, 6) is 2.10. The van der Waals surface area contributed by atoms with Crippen molar-refractivity contribution in [2.45, 2.75) is 26.7 Å². The first kappa shape index (κ1) is 14.7. The normalized spacial score (nSPS) is 18.7. The Morgan fingerprint density at radius 1 is 1.35 bits per heavy atom. The maximum absolute atomic E-state index is 12.1. The number of rotatable bonds is 5. The Labute approximate surface area is 120 Å². The summed E-state index contributed by atoms with van der Waals surface area (Å²) >= 11 is 0. The van der Waals surface area contributed by atoms with Gasteiger partial charge in [0.05, 0.1) is 6.61 Å². The van der Waals surface area contributed by atoms with Gasteiger partial charge in [-0.25, -0.2) is 0 Å². The van der Waals surface area contributed by atoms with Crippen LogP contribution in [0.2, 0.25) is 0 Å². The van der Waals surface area contributed by atoms with E-state index in [1.165, 1.54) is 6.42 Å². The molecule has 1 unspecified atom stereocenters. The zero-order valence-corrected chi connectivity index (χ0v) is 12.3. The maximum atomic E-state index is 12.1. The van der Waals surface area contributed by atoms with E-state index >= 15 is 0 Å². The SMILES string of the molecule is CCOc1cccc(OCC(=O)N2CCCC(C)C2)c1. The van der Waals surface area contributed by atoms with Gasteiger partial charge in [0.2, 0.25) is 0 Å². The summed E-state index contributed by atoms with van der Waals surface area (Å²) in [6.07, 6.45) is 2.30. The van der Waals surface area contributed by atoms with Crippen LogP contribution in [0.4, 0.5) is 0 Å². The van der Waals surface area contributed by atoms with Crippen LogP contribution in [0.5, 0.6) is 11.5 Å². The van der Waals surface area contributed by atoms with Crippen LogP contribution in [-0.4, -0.2) is 37.1 Å². The van der Waals surface area contributed by atoms with Crippen molar-refractivity contribution < 1.29 is 14.3 Å². The molecule has 0 aliphatic carbocycles. The van der Waals surface area contributed by atoms with Crippen molar-refractivity contribution in [3.05, 3.63) is 24.3 Å². The van der Waals surface area contributed by atoms with E-state index in [0.717, 1.165) is 25.3 Å². The second kappa shape index (κ2) is 7.17. The van der Waals surface area contributed by atoms with Gasteiger partial charge in [-0.2, -0.15) is 0 Å². The van der Waals surface area contributed by atoms with Gasteiger partial charge >= 0.3 is 0 Å². The van der Waals surface area contributed by atoms with E-state index in [9.17, 15) is 4.79 Å². The molecule has 1 aromatic rings. The van der Waals surface area contributed by atoms with Crippen molar-refractivity contribution in [1.29, 1.82) is 0 Å². The first-order chi connectivity index (χ1) is 9.69. The van der Waals surface area contributed by atoms with Crippen LogP contribution in [0.15, 0.2) is 24.3 Å². The molecule has 0 radical (unpaired) electrons. The van der Waals surface area contributed by atoms with Gasteiger partial charge in [-0.15, -0.1) is 0 Å². The summed E-state index contributed by atoms with van der Waals surface area (Å²) < 4.78 is 11.0. The largest absolute Gasteiger partial charge is 0.494 e. The molecule has 1 heterocycles. The van der Waals surface area contributed by atoms with Crippen LogP contribution >= 0.6 is 0 Å². The fraction of sp³-hybridized carbons (Fsp3) is 0.562. The summed E-state index contributed by atoms with van der Waals surface area (Å²) in [6.45, 7) is 6.55. The molecule has 1 atom stereocenters. The quantitative estimate of drug-likeness (QED) is 0.830. The first-order valence-corrected chi connectivity index (χ1v) is 7.32. The molecule has 1 aliphatic rings. The minimum absolute atomic E-state index is 0.0679. The van der Waals surface area contributed by atoms with Crippen LogP contribution in [0, 0.1) is 5.92 Å². The van der Waals surface area contributed by atoms with Crippen LogP contribution in [-0.2, 0) is 4.79 Å². The Kier molecular flexibility index (Phi) is 5.27. The third-order valence-electron chi connectivity index (χ3n) is 3.49. The molecule has 1 amide bonds. The van der Waals surface area contributed by atoms with E-state index in [2.05, 4.69) is 6.92 Å². The highest BCUT2D eigenvalue weighted by atomic mass is 16.5. The third-order valence-corrected chi connectivity index (χ3v) is 3.49. The highest BCUT2D eigenvalue weighted by molar-refractivity contribution is 5.77. The minimum atomic E-state index is 0.0679. The van der Waals surface area contributed by atoms with Crippen LogP contribution in [0.1, 0.15) is 26.7 Å². The number of nitrogens with zero attached hydrogens (tertiary/aromatic N) is 1. The molecule has 20 heavy (non-hydrogen) atoms. The zero-order valence-electron chi connectivity index (χ0n) is 12.3. The molecule has 110 valence electrons. The van der Waals surface area contributed by atoms with Gasteiger partial charge < -0.3 is 14.4 Å². The third kappa shape index (κ3) is 4.15. The number of benzene rings is 1. The van der Waals surface area contributed by atoms with Crippen molar-refractivity contribution in [2.75, 3.05) is 26.3 Å². The van der Waals surface area contributed by atoms with E-state index in [4.69, 9.17) is 9.47 Å². The second-order valence-corrected chi connectivity index (χ2v) is 5.28. The number of piperidine rings is 1. The molecule has 0 saturated carbocycles. The smallest absolute Gasteiger partial charge is 0.260 e. The maximum Gasteiger partial charge on any atom is 0.260 e. The average Bonchev–Trinajstić information content (AvgIpc) is 2.45. The molecule has 1 saturated heterocycles. The van der Waals surface area contributed by atoms with E-state index < -0.39 is 0 Å². The predicted molar refractivity (Wildman–Crippen MR) is 78.1 cm³/mol. The molecular weight excluding hydrogens is 254 g/mol. The Morgan fingerprint density at radius 2 is 2.10 bits per heavy atom. The standard InChI is InChI=1S/C16H23NO3/c1-3-19-14-7-4-8-15(10-14)20-12-16(18)17-9-5-6-13(2)11-17/h4,7-8,10,13H,3,5-6,9,11-12H2,1-2H3. The van der Waals surface area contributed by atoms with Gasteiger partial charge in [0.1, 0.15) is 11.5 Å². The molecule has 4 nitrogen and oxygen atoms in total. The van der Waals surface area contributed by atoms with E-state index in [0.29, 0.717) is 18.3 Å². The van der Waals surface area contributed by atoms with Gasteiger partial charge in [0, 0.05) is 19.2 Å². The number of carbonyl (C=O) groups excluding carboxylic acids is 1. The Morgan fingerprint density at radius 3 is 2.80 bits per heavy atom. The van der Waals surface area contributed by atoms with Gasteiger partial charge in [0.15, 0.2) is 6.61 Å². The highest BCUT2D eigenvalue weighted by Crippen LogP contribution is 2.20. The lowest BCUT2D eigenvalue weighted by Gasteiger charge is -2.30. The van der Waals surface area contributed by atoms with Crippen molar-refractivity contribution in [3.8, 4) is 11.5 Å². The minimum Gasteiger partial charge on any atom is -0.494 e. The van der Waals surface area contributed by atoms with Crippen molar-refractivity contribution >= 4 is 5.91 Å². The molecule has 1 aliphatic heterocycles. The number of hydrogen-bond donors (Lipinski definition) is 0. The molecule has 0 spiro atoms. The molecule has 2 rings (SSSR count). The lowest BCUT2D eigenvalue weighted by Crippen LogP contribution is -2.41. The van der Waals surface area contributed by atoms with Crippen molar-refractivity contribution in [2.24, 2.45) is 5.92 Å². The lowest BCUT2D eigenvalue weighted by atomic mass is 10.0. The Bertz CT molecular complexity index is 447.